The average molecular weight is 407 g/mol. The topological polar surface area (TPSA) is 29.1 Å². The molecule has 0 radical (unpaired) electrons. The summed E-state index contributed by atoms with van der Waals surface area (Å²) in [7, 11) is 0. The number of hydrogen-bond donors (Lipinski definition) is 1. The van der Waals surface area contributed by atoms with E-state index in [9.17, 15) is 9.18 Å². The van der Waals surface area contributed by atoms with E-state index in [1.54, 1.807) is 18.2 Å². The molecule has 0 atom stereocenters. The molecule has 0 spiro atoms. The molecule has 98 valence electrons. The lowest BCUT2D eigenvalue weighted by Gasteiger charge is -2.09. The lowest BCUT2D eigenvalue weighted by Crippen LogP contribution is -2.13. The third-order valence-electron chi connectivity index (χ3n) is 2.38. The Kier molecular flexibility index (Phi) is 4.60. The molecule has 0 heterocycles. The largest absolute Gasteiger partial charge is 0.321 e. The first-order chi connectivity index (χ1) is 8.99. The summed E-state index contributed by atoms with van der Waals surface area (Å²) in [5.41, 5.74) is 0.785. The van der Waals surface area contributed by atoms with E-state index < -0.39 is 11.7 Å². The molecule has 19 heavy (non-hydrogen) atoms. The minimum absolute atomic E-state index is 0.137. The fraction of sp³-hybridized carbons (Fsp3) is 0. The standard InChI is InChI=1S/C13H7Br2ClFNO/c14-9-6-7(16)4-5-11(9)18-13(19)8-2-1-3-10(17)12(8)15/h1-6H,(H,18,19). The van der Waals surface area contributed by atoms with Gasteiger partial charge < -0.3 is 5.32 Å². The highest BCUT2D eigenvalue weighted by atomic mass is 79.9. The van der Waals surface area contributed by atoms with Crippen LogP contribution in [0.15, 0.2) is 45.3 Å². The molecule has 2 aromatic carbocycles. The quantitative estimate of drug-likeness (QED) is 0.723. The highest BCUT2D eigenvalue weighted by Crippen LogP contribution is 2.27. The van der Waals surface area contributed by atoms with Crippen molar-refractivity contribution in [1.82, 2.24) is 0 Å². The Labute approximate surface area is 131 Å². The molecule has 0 aliphatic carbocycles. The van der Waals surface area contributed by atoms with E-state index in [1.165, 1.54) is 18.2 Å². The molecule has 0 unspecified atom stereocenters. The molecule has 2 rings (SSSR count). The molecule has 0 saturated carbocycles. The summed E-state index contributed by atoms with van der Waals surface area (Å²) >= 11 is 12.2. The molecule has 0 aliphatic rings. The molecule has 0 aliphatic heterocycles. The van der Waals surface area contributed by atoms with Crippen LogP contribution >= 0.6 is 43.5 Å². The second kappa shape index (κ2) is 6.03. The Morgan fingerprint density at radius 3 is 2.63 bits per heavy atom. The van der Waals surface area contributed by atoms with Crippen molar-refractivity contribution >= 4 is 55.1 Å². The first kappa shape index (κ1) is 14.5. The van der Waals surface area contributed by atoms with Crippen molar-refractivity contribution in [2.24, 2.45) is 0 Å². The minimum atomic E-state index is -0.483. The van der Waals surface area contributed by atoms with Crippen LogP contribution in [-0.2, 0) is 0 Å². The first-order valence-corrected chi connectivity index (χ1v) is 7.16. The Morgan fingerprint density at radius 2 is 1.95 bits per heavy atom. The van der Waals surface area contributed by atoms with Crippen molar-refractivity contribution in [2.45, 2.75) is 0 Å². The smallest absolute Gasteiger partial charge is 0.256 e. The molecule has 2 nitrogen and oxygen atoms in total. The van der Waals surface area contributed by atoms with Crippen molar-refractivity contribution in [2.75, 3.05) is 5.32 Å². The Hall–Kier alpha value is -0.910. The van der Waals surface area contributed by atoms with Gasteiger partial charge in [-0.3, -0.25) is 4.79 Å². The SMILES string of the molecule is O=C(Nc1ccc(Cl)cc1Br)c1cccc(F)c1Br. The highest BCUT2D eigenvalue weighted by Gasteiger charge is 2.14. The maximum Gasteiger partial charge on any atom is 0.256 e. The second-order valence-electron chi connectivity index (χ2n) is 3.68. The lowest BCUT2D eigenvalue weighted by atomic mass is 10.2. The summed E-state index contributed by atoms with van der Waals surface area (Å²) in [4.78, 5) is 12.1. The number of amides is 1. The predicted octanol–water partition coefficient (Wildman–Crippen LogP) is 5.26. The molecule has 1 N–H and O–H groups in total. The third-order valence-corrected chi connectivity index (χ3v) is 4.07. The number of carbonyl (C=O) groups is 1. The van der Waals surface area contributed by atoms with E-state index >= 15 is 0 Å². The van der Waals surface area contributed by atoms with E-state index in [1.807, 2.05) is 0 Å². The van der Waals surface area contributed by atoms with Gasteiger partial charge in [-0.2, -0.15) is 0 Å². The van der Waals surface area contributed by atoms with Crippen molar-refractivity contribution in [3.8, 4) is 0 Å². The third kappa shape index (κ3) is 3.35. The number of anilines is 1. The fourth-order valence-electron chi connectivity index (χ4n) is 1.46. The Bertz CT molecular complexity index is 649. The van der Waals surface area contributed by atoms with Crippen LogP contribution in [0.4, 0.5) is 10.1 Å². The molecule has 0 saturated heterocycles. The van der Waals surface area contributed by atoms with Crippen molar-refractivity contribution in [1.29, 1.82) is 0 Å². The molecule has 6 heteroatoms. The monoisotopic (exact) mass is 405 g/mol. The van der Waals surface area contributed by atoms with Gasteiger partial charge in [-0.25, -0.2) is 4.39 Å². The number of rotatable bonds is 2. The zero-order valence-corrected chi connectivity index (χ0v) is 13.3. The minimum Gasteiger partial charge on any atom is -0.321 e. The van der Waals surface area contributed by atoms with Gasteiger partial charge in [-0.05, 0) is 62.2 Å². The Balaban J connectivity index is 2.28. The van der Waals surface area contributed by atoms with Crippen molar-refractivity contribution < 1.29 is 9.18 Å². The van der Waals surface area contributed by atoms with Gasteiger partial charge in [0, 0.05) is 9.50 Å². The molecule has 1 amide bonds. The van der Waals surface area contributed by atoms with Crippen LogP contribution in [-0.4, -0.2) is 5.91 Å². The highest BCUT2D eigenvalue weighted by molar-refractivity contribution is 9.11. The van der Waals surface area contributed by atoms with Crippen LogP contribution in [0.3, 0.4) is 0 Å². The van der Waals surface area contributed by atoms with Gasteiger partial charge in [-0.15, -0.1) is 0 Å². The predicted molar refractivity (Wildman–Crippen MR) is 81.2 cm³/mol. The van der Waals surface area contributed by atoms with E-state index in [0.29, 0.717) is 15.2 Å². The number of carbonyl (C=O) groups excluding carboxylic acids is 1. The van der Waals surface area contributed by atoms with Crippen LogP contribution in [0.1, 0.15) is 10.4 Å². The van der Waals surface area contributed by atoms with Crippen LogP contribution in [0.5, 0.6) is 0 Å². The van der Waals surface area contributed by atoms with Gasteiger partial charge in [0.2, 0.25) is 0 Å². The molecular weight excluding hydrogens is 400 g/mol. The van der Waals surface area contributed by atoms with E-state index in [-0.39, 0.29) is 10.0 Å². The van der Waals surface area contributed by atoms with Crippen molar-refractivity contribution in [3.63, 3.8) is 0 Å². The van der Waals surface area contributed by atoms with Gasteiger partial charge in [0.25, 0.3) is 5.91 Å². The van der Waals surface area contributed by atoms with Gasteiger partial charge in [0.05, 0.1) is 15.7 Å². The van der Waals surface area contributed by atoms with Gasteiger partial charge >= 0.3 is 0 Å². The molecule has 0 fully saturated rings. The lowest BCUT2D eigenvalue weighted by molar-refractivity contribution is 0.102. The second-order valence-corrected chi connectivity index (χ2v) is 5.76. The fourth-order valence-corrected chi connectivity index (χ4v) is 2.69. The Morgan fingerprint density at radius 1 is 1.21 bits per heavy atom. The average Bonchev–Trinajstić information content (AvgIpc) is 2.36. The van der Waals surface area contributed by atoms with Gasteiger partial charge in [0.15, 0.2) is 0 Å². The summed E-state index contributed by atoms with van der Waals surface area (Å²) < 4.78 is 14.1. The van der Waals surface area contributed by atoms with Crippen LogP contribution in [0.25, 0.3) is 0 Å². The summed E-state index contributed by atoms with van der Waals surface area (Å²) in [6.45, 7) is 0. The van der Waals surface area contributed by atoms with E-state index in [4.69, 9.17) is 11.6 Å². The van der Waals surface area contributed by atoms with Gasteiger partial charge in [0.1, 0.15) is 5.82 Å². The van der Waals surface area contributed by atoms with Crippen LogP contribution in [0, 0.1) is 5.82 Å². The van der Waals surface area contributed by atoms with E-state index in [0.717, 1.165) is 0 Å². The number of nitrogens with one attached hydrogen (secondary N) is 1. The maximum atomic E-state index is 13.4. The van der Waals surface area contributed by atoms with Gasteiger partial charge in [-0.1, -0.05) is 17.7 Å². The number of halogens is 4. The van der Waals surface area contributed by atoms with Crippen LogP contribution in [0.2, 0.25) is 5.02 Å². The molecule has 2 aromatic rings. The molecular formula is C13H7Br2ClFNO. The summed E-state index contributed by atoms with van der Waals surface area (Å²) in [5.74, 6) is -0.891. The number of hydrogen-bond acceptors (Lipinski definition) is 1. The van der Waals surface area contributed by atoms with Crippen LogP contribution < -0.4 is 5.32 Å². The normalized spacial score (nSPS) is 10.3. The first-order valence-electron chi connectivity index (χ1n) is 5.19. The molecule has 0 bridgehead atoms. The zero-order chi connectivity index (χ0) is 14.0. The zero-order valence-electron chi connectivity index (χ0n) is 9.38. The summed E-state index contributed by atoms with van der Waals surface area (Å²) in [6.07, 6.45) is 0. The summed E-state index contributed by atoms with van der Waals surface area (Å²) in [6, 6.07) is 9.27. The maximum absolute atomic E-state index is 13.4. The molecule has 0 aromatic heterocycles. The summed E-state index contributed by atoms with van der Waals surface area (Å²) in [5, 5.41) is 3.23. The number of benzene rings is 2. The van der Waals surface area contributed by atoms with Crippen molar-refractivity contribution in [3.05, 3.63) is 61.7 Å². The van der Waals surface area contributed by atoms with E-state index in [2.05, 4.69) is 37.2 Å².